The van der Waals surface area contributed by atoms with Crippen molar-refractivity contribution in [1.29, 1.82) is 0 Å². The smallest absolute Gasteiger partial charge is 0.203 e. The highest BCUT2D eigenvalue weighted by molar-refractivity contribution is 5.27. The number of imidazole rings is 1. The second-order valence-electron chi connectivity index (χ2n) is 3.96. The average Bonchev–Trinajstić information content (AvgIpc) is 2.62. The number of rotatable bonds is 6. The van der Waals surface area contributed by atoms with E-state index in [9.17, 15) is 0 Å². The van der Waals surface area contributed by atoms with E-state index in [4.69, 9.17) is 4.74 Å². The molecule has 0 aliphatic heterocycles. The molecule has 0 fully saturated rings. The van der Waals surface area contributed by atoms with Gasteiger partial charge in [-0.2, -0.15) is 0 Å². The fourth-order valence-corrected chi connectivity index (χ4v) is 1.40. The zero-order chi connectivity index (χ0) is 11.3. The van der Waals surface area contributed by atoms with Crippen LogP contribution in [-0.2, 0) is 4.74 Å². The number of hydrogen-bond acceptors (Lipinski definition) is 3. The molecule has 0 saturated carbocycles. The summed E-state index contributed by atoms with van der Waals surface area (Å²) >= 11 is 0. The molecule has 15 heavy (non-hydrogen) atoms. The van der Waals surface area contributed by atoms with Gasteiger partial charge in [0.15, 0.2) is 0 Å². The molecule has 4 nitrogen and oxygen atoms in total. The quantitative estimate of drug-likeness (QED) is 0.784. The van der Waals surface area contributed by atoms with E-state index >= 15 is 0 Å². The monoisotopic (exact) mass is 211 g/mol. The Morgan fingerprint density at radius 1 is 1.47 bits per heavy atom. The van der Waals surface area contributed by atoms with E-state index in [0.717, 1.165) is 12.6 Å². The first-order chi connectivity index (χ1) is 7.15. The number of ether oxygens (including phenoxy) is 1. The van der Waals surface area contributed by atoms with Crippen LogP contribution < -0.4 is 5.32 Å². The highest BCUT2D eigenvalue weighted by atomic mass is 16.5. The first kappa shape index (κ1) is 12.0. The molecule has 4 heteroatoms. The number of hydrogen-bond donors (Lipinski definition) is 1. The van der Waals surface area contributed by atoms with E-state index in [0.29, 0.717) is 12.6 Å². The van der Waals surface area contributed by atoms with E-state index in [2.05, 4.69) is 35.6 Å². The summed E-state index contributed by atoms with van der Waals surface area (Å²) in [6, 6.07) is 0.708. The van der Waals surface area contributed by atoms with Gasteiger partial charge in [0.05, 0.1) is 6.61 Å². The Bertz CT molecular complexity index is 283. The molecule has 86 valence electrons. The molecular weight excluding hydrogens is 190 g/mol. The minimum Gasteiger partial charge on any atom is -0.380 e. The molecule has 1 rings (SSSR count). The summed E-state index contributed by atoms with van der Waals surface area (Å²) in [5.74, 6) is 0.914. The van der Waals surface area contributed by atoms with Crippen molar-refractivity contribution in [3.63, 3.8) is 0 Å². The van der Waals surface area contributed by atoms with E-state index < -0.39 is 0 Å². The van der Waals surface area contributed by atoms with Gasteiger partial charge in [0, 0.05) is 31.1 Å². The van der Waals surface area contributed by atoms with Crippen LogP contribution in [0.3, 0.4) is 0 Å². The fraction of sp³-hybridized carbons (Fsp3) is 0.727. The van der Waals surface area contributed by atoms with Gasteiger partial charge in [-0.05, 0) is 27.7 Å². The molecule has 0 aliphatic rings. The number of nitrogens with one attached hydrogen (secondary N) is 1. The Labute approximate surface area is 91.7 Å². The minimum atomic E-state index is 0.282. The van der Waals surface area contributed by atoms with Gasteiger partial charge in [-0.1, -0.05) is 0 Å². The maximum atomic E-state index is 5.34. The van der Waals surface area contributed by atoms with E-state index in [-0.39, 0.29) is 6.04 Å². The summed E-state index contributed by atoms with van der Waals surface area (Å²) in [4.78, 5) is 4.28. The van der Waals surface area contributed by atoms with Gasteiger partial charge in [-0.15, -0.1) is 0 Å². The van der Waals surface area contributed by atoms with E-state index in [1.54, 1.807) is 0 Å². The fourth-order valence-electron chi connectivity index (χ4n) is 1.40. The maximum Gasteiger partial charge on any atom is 0.203 e. The first-order valence-electron chi connectivity index (χ1n) is 5.52. The first-order valence-corrected chi connectivity index (χ1v) is 5.52. The molecule has 1 N–H and O–H groups in total. The summed E-state index contributed by atoms with van der Waals surface area (Å²) in [7, 11) is 0. The second-order valence-corrected chi connectivity index (χ2v) is 3.96. The van der Waals surface area contributed by atoms with E-state index in [1.807, 2.05) is 19.3 Å². The summed E-state index contributed by atoms with van der Waals surface area (Å²) < 4.78 is 7.46. The van der Waals surface area contributed by atoms with Crippen LogP contribution in [0.2, 0.25) is 0 Å². The Morgan fingerprint density at radius 3 is 2.80 bits per heavy atom. The van der Waals surface area contributed by atoms with Gasteiger partial charge in [0.2, 0.25) is 5.95 Å². The van der Waals surface area contributed by atoms with E-state index in [1.165, 1.54) is 0 Å². The second kappa shape index (κ2) is 5.75. The predicted molar refractivity (Wildman–Crippen MR) is 62.2 cm³/mol. The highest BCUT2D eigenvalue weighted by Gasteiger charge is 2.08. The predicted octanol–water partition coefficient (Wildman–Crippen LogP) is 2.30. The third kappa shape index (κ3) is 3.55. The average molecular weight is 211 g/mol. The molecule has 1 heterocycles. The summed E-state index contributed by atoms with van der Waals surface area (Å²) in [6.45, 7) is 9.84. The number of nitrogens with zero attached hydrogens (tertiary/aromatic N) is 2. The largest absolute Gasteiger partial charge is 0.380 e. The standard InChI is InChI=1S/C11H21N3O/c1-5-15-8-10(4)13-11-12-6-7-14(11)9(2)3/h6-7,9-10H,5,8H2,1-4H3,(H,12,13). The lowest BCUT2D eigenvalue weighted by molar-refractivity contribution is 0.141. The normalized spacial score (nSPS) is 13.1. The molecule has 1 aromatic rings. The lowest BCUT2D eigenvalue weighted by atomic mass is 10.3. The molecule has 1 aromatic heterocycles. The van der Waals surface area contributed by atoms with Crippen molar-refractivity contribution in [3.05, 3.63) is 12.4 Å². The number of aromatic nitrogens is 2. The molecule has 0 radical (unpaired) electrons. The highest BCUT2D eigenvalue weighted by Crippen LogP contribution is 2.13. The van der Waals surface area contributed by atoms with Crippen molar-refractivity contribution in [2.75, 3.05) is 18.5 Å². The molecule has 1 unspecified atom stereocenters. The Hall–Kier alpha value is -1.03. The van der Waals surface area contributed by atoms with Crippen molar-refractivity contribution >= 4 is 5.95 Å². The third-order valence-electron chi connectivity index (χ3n) is 2.17. The zero-order valence-electron chi connectivity index (χ0n) is 10.0. The zero-order valence-corrected chi connectivity index (χ0v) is 10.0. The topological polar surface area (TPSA) is 39.1 Å². The van der Waals surface area contributed by atoms with Crippen molar-refractivity contribution in [2.45, 2.75) is 39.8 Å². The van der Waals surface area contributed by atoms with Crippen LogP contribution in [-0.4, -0.2) is 28.8 Å². The molecule has 0 amide bonds. The molecule has 0 spiro atoms. The summed E-state index contributed by atoms with van der Waals surface area (Å²) in [5.41, 5.74) is 0. The van der Waals surface area contributed by atoms with Crippen molar-refractivity contribution in [2.24, 2.45) is 0 Å². The van der Waals surface area contributed by atoms with Crippen LogP contribution in [0.15, 0.2) is 12.4 Å². The van der Waals surface area contributed by atoms with Crippen LogP contribution >= 0.6 is 0 Å². The van der Waals surface area contributed by atoms with Gasteiger partial charge in [0.1, 0.15) is 0 Å². The SMILES string of the molecule is CCOCC(C)Nc1nccn1C(C)C. The van der Waals surface area contributed by atoms with Crippen LogP contribution in [0, 0.1) is 0 Å². The maximum absolute atomic E-state index is 5.34. The van der Waals surface area contributed by atoms with Gasteiger partial charge in [-0.3, -0.25) is 0 Å². The Balaban J connectivity index is 2.52. The lowest BCUT2D eigenvalue weighted by Crippen LogP contribution is -2.24. The Kier molecular flexibility index (Phi) is 4.62. The minimum absolute atomic E-state index is 0.282. The molecule has 0 aliphatic carbocycles. The van der Waals surface area contributed by atoms with Crippen molar-refractivity contribution in [1.82, 2.24) is 9.55 Å². The van der Waals surface area contributed by atoms with Gasteiger partial charge in [-0.25, -0.2) is 4.98 Å². The third-order valence-corrected chi connectivity index (χ3v) is 2.17. The van der Waals surface area contributed by atoms with Crippen LogP contribution in [0.1, 0.15) is 33.7 Å². The molecular formula is C11H21N3O. The van der Waals surface area contributed by atoms with Crippen LogP contribution in [0.4, 0.5) is 5.95 Å². The van der Waals surface area contributed by atoms with Crippen LogP contribution in [0.5, 0.6) is 0 Å². The lowest BCUT2D eigenvalue weighted by Gasteiger charge is -2.17. The summed E-state index contributed by atoms with van der Waals surface area (Å²) in [5, 5.41) is 3.33. The van der Waals surface area contributed by atoms with Crippen molar-refractivity contribution < 1.29 is 4.74 Å². The van der Waals surface area contributed by atoms with Gasteiger partial charge < -0.3 is 14.6 Å². The number of anilines is 1. The molecule has 0 saturated heterocycles. The van der Waals surface area contributed by atoms with Gasteiger partial charge >= 0.3 is 0 Å². The molecule has 0 bridgehead atoms. The van der Waals surface area contributed by atoms with Crippen molar-refractivity contribution in [3.8, 4) is 0 Å². The molecule has 1 atom stereocenters. The summed E-state index contributed by atoms with van der Waals surface area (Å²) in [6.07, 6.45) is 3.80. The van der Waals surface area contributed by atoms with Gasteiger partial charge in [0.25, 0.3) is 0 Å². The Morgan fingerprint density at radius 2 is 2.20 bits per heavy atom. The van der Waals surface area contributed by atoms with Crippen LogP contribution in [0.25, 0.3) is 0 Å². The molecule has 0 aromatic carbocycles.